The second-order valence-electron chi connectivity index (χ2n) is 10.2. The molecule has 0 saturated carbocycles. The molecule has 1 fully saturated rings. The van der Waals surface area contributed by atoms with Crippen molar-refractivity contribution in [1.29, 1.82) is 0 Å². The number of piperazine rings is 1. The predicted octanol–water partition coefficient (Wildman–Crippen LogP) is 7.58. The van der Waals surface area contributed by atoms with Crippen molar-refractivity contribution in [2.75, 3.05) is 29.4 Å². The lowest BCUT2D eigenvalue weighted by atomic mass is 10.0. The first-order valence-electron chi connectivity index (χ1n) is 13.0. The molecule has 5 aromatic rings. The molecule has 3 aromatic carbocycles. The molecule has 0 amide bonds. The minimum atomic E-state index is -4.71. The van der Waals surface area contributed by atoms with E-state index in [1.165, 1.54) is 12.1 Å². The molecular formula is C30H22F7N5. The first kappa shape index (κ1) is 27.6. The zero-order valence-electron chi connectivity index (χ0n) is 22.0. The number of hydrogen-bond acceptors (Lipinski definition) is 4. The molecule has 0 unspecified atom stereocenters. The molecule has 5 nitrogen and oxygen atoms in total. The lowest BCUT2D eigenvalue weighted by molar-refractivity contribution is -0.137. The van der Waals surface area contributed by atoms with Crippen LogP contribution < -0.4 is 9.80 Å². The second-order valence-corrected chi connectivity index (χ2v) is 10.2. The second kappa shape index (κ2) is 10.3. The summed E-state index contributed by atoms with van der Waals surface area (Å²) < 4.78 is 97.2. The highest BCUT2D eigenvalue weighted by molar-refractivity contribution is 5.94. The first-order valence-corrected chi connectivity index (χ1v) is 13.0. The van der Waals surface area contributed by atoms with Gasteiger partial charge in [-0.1, -0.05) is 0 Å². The van der Waals surface area contributed by atoms with Crippen molar-refractivity contribution in [2.45, 2.75) is 19.1 Å². The Balaban J connectivity index is 1.34. The molecule has 3 heterocycles. The summed E-state index contributed by atoms with van der Waals surface area (Å²) in [7, 11) is 0. The number of alkyl halides is 3. The van der Waals surface area contributed by atoms with Gasteiger partial charge < -0.3 is 14.8 Å². The average Bonchev–Trinajstić information content (AvgIpc) is 3.35. The van der Waals surface area contributed by atoms with E-state index in [0.717, 1.165) is 30.3 Å². The van der Waals surface area contributed by atoms with Crippen LogP contribution in [-0.4, -0.2) is 40.6 Å². The molecule has 0 aliphatic carbocycles. The third kappa shape index (κ3) is 5.24. The number of pyridine rings is 1. The Labute approximate surface area is 235 Å². The Kier molecular flexibility index (Phi) is 6.78. The molecule has 0 spiro atoms. The van der Waals surface area contributed by atoms with Crippen LogP contribution in [0.3, 0.4) is 0 Å². The molecule has 1 aliphatic rings. The molecule has 6 rings (SSSR count). The van der Waals surface area contributed by atoms with Gasteiger partial charge in [0.2, 0.25) is 5.95 Å². The summed E-state index contributed by atoms with van der Waals surface area (Å²) in [6.45, 7) is 3.10. The van der Waals surface area contributed by atoms with E-state index in [4.69, 9.17) is 0 Å². The van der Waals surface area contributed by atoms with E-state index in [0.29, 0.717) is 48.6 Å². The Bertz CT molecular complexity index is 1760. The summed E-state index contributed by atoms with van der Waals surface area (Å²) in [4.78, 5) is 15.8. The first-order chi connectivity index (χ1) is 20.0. The molecule has 216 valence electrons. The molecular weight excluding hydrogens is 563 g/mol. The summed E-state index contributed by atoms with van der Waals surface area (Å²) in [5, 5.41) is 0. The SMILES string of the molecule is C[C@@H]1CN(c2ncccc2-c2cc(F)cc(F)c2)CCN1c1nc2cc(C(F)(F)F)cc(-c3cc(F)cc(F)c3)c2[nH]1. The number of aromatic nitrogens is 3. The molecule has 0 bridgehead atoms. The number of anilines is 2. The van der Waals surface area contributed by atoms with Crippen LogP contribution in [0.2, 0.25) is 0 Å². The lowest BCUT2D eigenvalue weighted by Gasteiger charge is -2.40. The van der Waals surface area contributed by atoms with Gasteiger partial charge in [0.15, 0.2) is 0 Å². The van der Waals surface area contributed by atoms with Crippen LogP contribution in [0, 0.1) is 23.3 Å². The van der Waals surface area contributed by atoms with Crippen molar-refractivity contribution in [2.24, 2.45) is 0 Å². The monoisotopic (exact) mass is 585 g/mol. The van der Waals surface area contributed by atoms with Crippen LogP contribution in [0.15, 0.2) is 66.9 Å². The van der Waals surface area contributed by atoms with Gasteiger partial charge in [0.1, 0.15) is 29.1 Å². The molecule has 1 N–H and O–H groups in total. The minimum absolute atomic E-state index is 0.00531. The van der Waals surface area contributed by atoms with Gasteiger partial charge in [-0.05, 0) is 66.6 Å². The fourth-order valence-corrected chi connectivity index (χ4v) is 5.39. The molecule has 1 atom stereocenters. The molecule has 1 aliphatic heterocycles. The van der Waals surface area contributed by atoms with Crippen molar-refractivity contribution in [3.8, 4) is 22.3 Å². The summed E-state index contributed by atoms with van der Waals surface area (Å²) in [6, 6.07) is 10.7. The number of halogens is 7. The van der Waals surface area contributed by atoms with Crippen LogP contribution in [0.25, 0.3) is 33.3 Å². The maximum Gasteiger partial charge on any atom is 0.416 e. The number of nitrogens with zero attached hydrogens (tertiary/aromatic N) is 4. The third-order valence-corrected chi connectivity index (χ3v) is 7.24. The van der Waals surface area contributed by atoms with Gasteiger partial charge in [0.05, 0.1) is 16.6 Å². The van der Waals surface area contributed by atoms with Crippen LogP contribution in [0.1, 0.15) is 12.5 Å². The molecule has 0 radical (unpaired) electrons. The lowest BCUT2D eigenvalue weighted by Crippen LogP contribution is -2.52. The van der Waals surface area contributed by atoms with E-state index in [2.05, 4.69) is 15.0 Å². The molecule has 42 heavy (non-hydrogen) atoms. The van der Waals surface area contributed by atoms with Crippen molar-refractivity contribution >= 4 is 22.8 Å². The van der Waals surface area contributed by atoms with Crippen LogP contribution >= 0.6 is 0 Å². The van der Waals surface area contributed by atoms with Gasteiger partial charge >= 0.3 is 6.18 Å². The Morgan fingerprint density at radius 2 is 1.43 bits per heavy atom. The normalized spacial score (nSPS) is 16.0. The van der Waals surface area contributed by atoms with E-state index < -0.39 is 35.0 Å². The molecule has 1 saturated heterocycles. The third-order valence-electron chi connectivity index (χ3n) is 7.24. The number of imidazole rings is 1. The summed E-state index contributed by atoms with van der Waals surface area (Å²) in [5.41, 5.74) is -0.0115. The molecule has 2 aromatic heterocycles. The van der Waals surface area contributed by atoms with Crippen molar-refractivity contribution in [3.63, 3.8) is 0 Å². The fraction of sp³-hybridized carbons (Fsp3) is 0.200. The fourth-order valence-electron chi connectivity index (χ4n) is 5.39. The van der Waals surface area contributed by atoms with Gasteiger partial charge in [-0.2, -0.15) is 13.2 Å². The zero-order valence-corrected chi connectivity index (χ0v) is 22.0. The standard InChI is InChI=1S/C30H22F7N5/c1-16-15-41(28-24(3-2-4-38-28)17-7-20(31)13-21(32)8-17)5-6-42(16)29-39-26-12-19(30(35,36)37)11-25(27(26)40-29)18-9-22(33)14-23(34)10-18/h2-4,7-14,16H,5-6,15H2,1H3,(H,39,40)/t16-/m1/s1. The number of nitrogens with one attached hydrogen (secondary N) is 1. The van der Waals surface area contributed by atoms with Crippen molar-refractivity contribution in [3.05, 3.63) is 95.7 Å². The number of aromatic amines is 1. The van der Waals surface area contributed by atoms with E-state index in [9.17, 15) is 30.7 Å². The highest BCUT2D eigenvalue weighted by atomic mass is 19.4. The number of benzene rings is 3. The Morgan fingerprint density at radius 3 is 2.02 bits per heavy atom. The number of rotatable bonds is 4. The summed E-state index contributed by atoms with van der Waals surface area (Å²) in [5.74, 6) is -2.44. The van der Waals surface area contributed by atoms with Crippen LogP contribution in [0.4, 0.5) is 42.5 Å². The highest BCUT2D eigenvalue weighted by Gasteiger charge is 2.33. The number of fused-ring (bicyclic) bond motifs is 1. The smallest absolute Gasteiger partial charge is 0.352 e. The van der Waals surface area contributed by atoms with Gasteiger partial charge in [-0.3, -0.25) is 0 Å². The molecule has 12 heteroatoms. The largest absolute Gasteiger partial charge is 0.416 e. The number of H-pyrrole nitrogens is 1. The van der Waals surface area contributed by atoms with Crippen molar-refractivity contribution < 1.29 is 30.7 Å². The maximum absolute atomic E-state index is 14.0. The van der Waals surface area contributed by atoms with Crippen LogP contribution in [0.5, 0.6) is 0 Å². The number of hydrogen-bond donors (Lipinski definition) is 1. The van der Waals surface area contributed by atoms with Gasteiger partial charge in [0, 0.05) is 55.1 Å². The maximum atomic E-state index is 14.0. The average molecular weight is 586 g/mol. The van der Waals surface area contributed by atoms with Gasteiger partial charge in [-0.15, -0.1) is 0 Å². The van der Waals surface area contributed by atoms with E-state index in [1.54, 1.807) is 18.3 Å². The Morgan fingerprint density at radius 1 is 0.810 bits per heavy atom. The van der Waals surface area contributed by atoms with E-state index in [-0.39, 0.29) is 28.2 Å². The topological polar surface area (TPSA) is 48.1 Å². The highest BCUT2D eigenvalue weighted by Crippen LogP contribution is 2.38. The van der Waals surface area contributed by atoms with E-state index >= 15 is 0 Å². The van der Waals surface area contributed by atoms with Gasteiger partial charge in [-0.25, -0.2) is 27.5 Å². The van der Waals surface area contributed by atoms with E-state index in [1.807, 2.05) is 16.7 Å². The van der Waals surface area contributed by atoms with Crippen molar-refractivity contribution in [1.82, 2.24) is 15.0 Å². The zero-order chi connectivity index (χ0) is 29.8. The minimum Gasteiger partial charge on any atom is -0.352 e. The summed E-state index contributed by atoms with van der Waals surface area (Å²) >= 11 is 0. The Hall–Kier alpha value is -4.61. The quantitative estimate of drug-likeness (QED) is 0.221. The van der Waals surface area contributed by atoms with Crippen LogP contribution in [-0.2, 0) is 6.18 Å². The predicted molar refractivity (Wildman–Crippen MR) is 145 cm³/mol. The summed E-state index contributed by atoms with van der Waals surface area (Å²) in [6.07, 6.45) is -3.13. The van der Waals surface area contributed by atoms with Gasteiger partial charge in [0.25, 0.3) is 0 Å².